The second-order valence-corrected chi connectivity index (χ2v) is 11.1. The van der Waals surface area contributed by atoms with E-state index in [0.29, 0.717) is 18.4 Å². The SMILES string of the molecule is CC(C)CN1C[C@@H]2c3nc(N4CCC[C@@H](C)C4)ncc3CS(=O)(=O)[C@@H]2C1. The van der Waals surface area contributed by atoms with E-state index in [2.05, 4.69) is 35.6 Å². The summed E-state index contributed by atoms with van der Waals surface area (Å²) in [5.41, 5.74) is 1.80. The Morgan fingerprint density at radius 2 is 2.08 bits per heavy atom. The monoisotopic (exact) mass is 378 g/mol. The second kappa shape index (κ2) is 6.75. The number of hydrogen-bond acceptors (Lipinski definition) is 6. The highest BCUT2D eigenvalue weighted by Gasteiger charge is 2.47. The van der Waals surface area contributed by atoms with Crippen molar-refractivity contribution in [2.75, 3.05) is 37.6 Å². The fraction of sp³-hybridized carbons (Fsp3) is 0.789. The molecule has 3 atom stereocenters. The zero-order chi connectivity index (χ0) is 18.5. The van der Waals surface area contributed by atoms with Gasteiger partial charge in [0.05, 0.1) is 16.7 Å². The molecule has 0 aromatic carbocycles. The summed E-state index contributed by atoms with van der Waals surface area (Å²) in [6.45, 7) is 11.0. The lowest BCUT2D eigenvalue weighted by atomic mass is 9.99. The van der Waals surface area contributed by atoms with Crippen LogP contribution in [-0.4, -0.2) is 61.3 Å². The molecule has 1 aromatic rings. The minimum atomic E-state index is -3.12. The predicted molar refractivity (Wildman–Crippen MR) is 103 cm³/mol. The smallest absolute Gasteiger partial charge is 0.225 e. The Bertz CT molecular complexity index is 780. The van der Waals surface area contributed by atoms with Gasteiger partial charge in [-0.15, -0.1) is 0 Å². The maximum absolute atomic E-state index is 12.8. The molecule has 0 N–H and O–H groups in total. The Kier molecular flexibility index (Phi) is 4.72. The first-order valence-electron chi connectivity index (χ1n) is 9.88. The van der Waals surface area contributed by atoms with Gasteiger partial charge in [-0.1, -0.05) is 20.8 Å². The van der Waals surface area contributed by atoms with Gasteiger partial charge in [0, 0.05) is 50.4 Å². The molecule has 0 radical (unpaired) electrons. The molecule has 0 saturated carbocycles. The third-order valence-corrected chi connectivity index (χ3v) is 8.07. The van der Waals surface area contributed by atoms with Gasteiger partial charge in [-0.3, -0.25) is 0 Å². The first-order valence-corrected chi connectivity index (χ1v) is 11.6. The van der Waals surface area contributed by atoms with Crippen molar-refractivity contribution >= 4 is 15.8 Å². The molecule has 0 amide bonds. The molecule has 2 fully saturated rings. The number of hydrogen-bond donors (Lipinski definition) is 0. The molecular formula is C19H30N4O2S. The molecule has 3 aliphatic heterocycles. The summed E-state index contributed by atoms with van der Waals surface area (Å²) in [7, 11) is -3.12. The summed E-state index contributed by atoms with van der Waals surface area (Å²) in [6, 6.07) is 0. The average Bonchev–Trinajstić information content (AvgIpc) is 2.99. The molecule has 144 valence electrons. The van der Waals surface area contributed by atoms with E-state index in [1.54, 1.807) is 6.20 Å². The molecule has 26 heavy (non-hydrogen) atoms. The highest BCUT2D eigenvalue weighted by atomic mass is 32.2. The molecule has 0 unspecified atom stereocenters. The van der Waals surface area contributed by atoms with E-state index >= 15 is 0 Å². The third kappa shape index (κ3) is 3.36. The summed E-state index contributed by atoms with van der Waals surface area (Å²) in [5, 5.41) is -0.309. The van der Waals surface area contributed by atoms with Crippen molar-refractivity contribution in [3.63, 3.8) is 0 Å². The lowest BCUT2D eigenvalue weighted by molar-refractivity contribution is 0.294. The van der Waals surface area contributed by atoms with Crippen molar-refractivity contribution in [1.82, 2.24) is 14.9 Å². The molecule has 4 rings (SSSR count). The quantitative estimate of drug-likeness (QED) is 0.802. The van der Waals surface area contributed by atoms with Crippen LogP contribution in [0, 0.1) is 11.8 Å². The van der Waals surface area contributed by atoms with Crippen LogP contribution in [0.2, 0.25) is 0 Å². The first kappa shape index (κ1) is 18.2. The number of anilines is 1. The fourth-order valence-corrected chi connectivity index (χ4v) is 6.86. The number of piperidine rings is 1. The topological polar surface area (TPSA) is 66.4 Å². The Labute approximate surface area is 156 Å². The Balaban J connectivity index is 1.65. The van der Waals surface area contributed by atoms with E-state index < -0.39 is 9.84 Å². The van der Waals surface area contributed by atoms with Gasteiger partial charge in [-0.25, -0.2) is 18.4 Å². The standard InChI is InChI=1S/C19H30N4O2S/c1-13(2)8-22-10-16-17(11-22)26(24,25)12-15-7-20-19(21-18(15)16)23-6-4-5-14(3)9-23/h7,13-14,16-17H,4-6,8-12H2,1-3H3/t14-,16+,17-/m1/s1. The molecule has 0 aliphatic carbocycles. The molecule has 2 saturated heterocycles. The van der Waals surface area contributed by atoms with Gasteiger partial charge in [-0.05, 0) is 24.7 Å². The molecule has 1 aromatic heterocycles. The zero-order valence-electron chi connectivity index (χ0n) is 16.1. The van der Waals surface area contributed by atoms with E-state index in [-0.39, 0.29) is 16.9 Å². The van der Waals surface area contributed by atoms with E-state index in [9.17, 15) is 8.42 Å². The Morgan fingerprint density at radius 3 is 2.81 bits per heavy atom. The summed E-state index contributed by atoms with van der Waals surface area (Å²) in [6.07, 6.45) is 4.20. The van der Waals surface area contributed by atoms with Crippen molar-refractivity contribution in [3.8, 4) is 0 Å². The van der Waals surface area contributed by atoms with Gasteiger partial charge in [0.2, 0.25) is 5.95 Å². The Morgan fingerprint density at radius 1 is 1.27 bits per heavy atom. The molecular weight excluding hydrogens is 348 g/mol. The lowest BCUT2D eigenvalue weighted by Gasteiger charge is -2.32. The van der Waals surface area contributed by atoms with Crippen LogP contribution in [0.25, 0.3) is 0 Å². The highest BCUT2D eigenvalue weighted by molar-refractivity contribution is 7.91. The minimum absolute atomic E-state index is 0.00790. The normalized spacial score (nSPS) is 31.1. The van der Waals surface area contributed by atoms with Crippen LogP contribution in [-0.2, 0) is 15.6 Å². The largest absolute Gasteiger partial charge is 0.341 e. The number of nitrogens with zero attached hydrogens (tertiary/aromatic N) is 4. The highest BCUT2D eigenvalue weighted by Crippen LogP contribution is 2.40. The average molecular weight is 379 g/mol. The maximum Gasteiger partial charge on any atom is 0.225 e. The van der Waals surface area contributed by atoms with Crippen LogP contribution in [0.4, 0.5) is 5.95 Å². The second-order valence-electron chi connectivity index (χ2n) is 8.84. The molecule has 0 spiro atoms. The van der Waals surface area contributed by atoms with Crippen LogP contribution in [0.1, 0.15) is 50.8 Å². The molecule has 6 nitrogen and oxygen atoms in total. The van der Waals surface area contributed by atoms with Crippen LogP contribution in [0.15, 0.2) is 6.20 Å². The first-order chi connectivity index (χ1) is 12.3. The third-order valence-electron chi connectivity index (χ3n) is 5.96. The fourth-order valence-electron chi connectivity index (χ4n) is 4.83. The van der Waals surface area contributed by atoms with Gasteiger partial charge in [0.15, 0.2) is 9.84 Å². The molecule has 4 heterocycles. The molecule has 7 heteroatoms. The van der Waals surface area contributed by atoms with Gasteiger partial charge >= 0.3 is 0 Å². The maximum atomic E-state index is 12.8. The molecule has 0 bridgehead atoms. The van der Waals surface area contributed by atoms with E-state index in [1.165, 1.54) is 12.8 Å². The summed E-state index contributed by atoms with van der Waals surface area (Å²) >= 11 is 0. The van der Waals surface area contributed by atoms with Gasteiger partial charge < -0.3 is 9.80 Å². The summed E-state index contributed by atoms with van der Waals surface area (Å²) in [4.78, 5) is 14.0. The van der Waals surface area contributed by atoms with Gasteiger partial charge in [0.1, 0.15) is 0 Å². The van der Waals surface area contributed by atoms with Gasteiger partial charge in [-0.2, -0.15) is 0 Å². The van der Waals surface area contributed by atoms with E-state index in [4.69, 9.17) is 4.98 Å². The number of aromatic nitrogens is 2. The predicted octanol–water partition coefficient (Wildman–Crippen LogP) is 2.07. The molecule has 3 aliphatic rings. The van der Waals surface area contributed by atoms with Crippen molar-refractivity contribution in [1.29, 1.82) is 0 Å². The van der Waals surface area contributed by atoms with Crippen molar-refractivity contribution in [2.24, 2.45) is 11.8 Å². The van der Waals surface area contributed by atoms with Gasteiger partial charge in [0.25, 0.3) is 0 Å². The van der Waals surface area contributed by atoms with Crippen molar-refractivity contribution in [3.05, 3.63) is 17.5 Å². The minimum Gasteiger partial charge on any atom is -0.341 e. The zero-order valence-corrected chi connectivity index (χ0v) is 16.9. The van der Waals surface area contributed by atoms with Crippen molar-refractivity contribution < 1.29 is 8.42 Å². The number of rotatable bonds is 3. The van der Waals surface area contributed by atoms with Crippen LogP contribution >= 0.6 is 0 Å². The van der Waals surface area contributed by atoms with E-state index in [0.717, 1.165) is 43.4 Å². The number of sulfone groups is 1. The number of likely N-dealkylation sites (tertiary alicyclic amines) is 1. The lowest BCUT2D eigenvalue weighted by Crippen LogP contribution is -2.38. The van der Waals surface area contributed by atoms with E-state index in [1.807, 2.05) is 0 Å². The summed E-state index contributed by atoms with van der Waals surface area (Å²) in [5.74, 6) is 2.06. The van der Waals surface area contributed by atoms with Crippen LogP contribution < -0.4 is 4.90 Å². The van der Waals surface area contributed by atoms with Crippen LogP contribution in [0.5, 0.6) is 0 Å². The number of fused-ring (bicyclic) bond motifs is 3. The van der Waals surface area contributed by atoms with Crippen LogP contribution in [0.3, 0.4) is 0 Å². The van der Waals surface area contributed by atoms with Crippen molar-refractivity contribution in [2.45, 2.75) is 50.5 Å². The summed E-state index contributed by atoms with van der Waals surface area (Å²) < 4.78 is 25.6. The Hall–Kier alpha value is -1.21.